The van der Waals surface area contributed by atoms with Crippen LogP contribution >= 0.6 is 24.0 Å². The molecule has 0 N–H and O–H groups in total. The zero-order valence-electron chi connectivity index (χ0n) is 9.17. The van der Waals surface area contributed by atoms with E-state index in [0.29, 0.717) is 0 Å². The van der Waals surface area contributed by atoms with Crippen molar-refractivity contribution in [2.24, 2.45) is 0 Å². The predicted octanol–water partition coefficient (Wildman–Crippen LogP) is 1.86. The Hall–Kier alpha value is 0.197. The Kier molecular flexibility index (Phi) is 14.7. The minimum Gasteiger partial charge on any atom is -0.358 e. The number of hydrogen-bond acceptors (Lipinski definition) is 2. The molecule has 1 nitrogen and oxygen atoms in total. The molecule has 0 saturated heterocycles. The molecule has 78 valence electrons. The largest absolute Gasteiger partial charge is 0.358 e. The van der Waals surface area contributed by atoms with E-state index in [1.807, 2.05) is 5.70 Å². The lowest BCUT2D eigenvalue weighted by molar-refractivity contribution is 0.482. The predicted molar refractivity (Wildman–Crippen MR) is 73.8 cm³/mol. The van der Waals surface area contributed by atoms with Gasteiger partial charge in [0.25, 0.3) is 0 Å². The molecule has 0 unspecified atom stereocenters. The first-order valence-corrected chi connectivity index (χ1v) is 7.21. The van der Waals surface area contributed by atoms with Crippen molar-refractivity contribution in [3.63, 3.8) is 0 Å². The first kappa shape index (κ1) is 15.7. The molecule has 0 aromatic heterocycles. The van der Waals surface area contributed by atoms with Crippen LogP contribution in [0.1, 0.15) is 20.8 Å². The van der Waals surface area contributed by atoms with Crippen molar-refractivity contribution < 1.29 is 0 Å². The monoisotopic (exact) mass is 235 g/mol. The summed E-state index contributed by atoms with van der Waals surface area (Å²) in [6.45, 7) is 11.9. The summed E-state index contributed by atoms with van der Waals surface area (Å²) < 4.78 is 1.03. The summed E-state index contributed by atoms with van der Waals surface area (Å²) in [5.74, 6) is 1.08. The molecule has 0 aliphatic rings. The normalized spacial score (nSPS) is 8.54. The van der Waals surface area contributed by atoms with E-state index >= 15 is 0 Å². The third-order valence-electron chi connectivity index (χ3n) is 1.29. The summed E-state index contributed by atoms with van der Waals surface area (Å²) in [4.78, 5) is 2.20. The van der Waals surface area contributed by atoms with Crippen LogP contribution in [0, 0.1) is 0 Å². The van der Waals surface area contributed by atoms with Gasteiger partial charge >= 0.3 is 0 Å². The Balaban J connectivity index is 0. The van der Waals surface area contributed by atoms with Crippen LogP contribution in [0.15, 0.2) is 12.3 Å². The first-order chi connectivity index (χ1) is 6.17. The van der Waals surface area contributed by atoms with Crippen molar-refractivity contribution in [2.45, 2.75) is 20.8 Å². The highest BCUT2D eigenvalue weighted by molar-refractivity contribution is 8.22. The van der Waals surface area contributed by atoms with Crippen molar-refractivity contribution >= 4 is 38.5 Å². The Bertz CT molecular complexity index is 136. The Labute approximate surface area is 95.4 Å². The molecule has 0 spiro atoms. The van der Waals surface area contributed by atoms with E-state index in [9.17, 15) is 0 Å². The van der Waals surface area contributed by atoms with E-state index < -0.39 is 0 Å². The summed E-state index contributed by atoms with van der Waals surface area (Å²) in [6.07, 6.45) is 0. The number of thioether (sulfide) groups is 1. The van der Waals surface area contributed by atoms with E-state index in [1.165, 1.54) is 0 Å². The van der Waals surface area contributed by atoms with Crippen LogP contribution in [0.5, 0.6) is 0 Å². The van der Waals surface area contributed by atoms with Crippen LogP contribution in [-0.2, 0) is 0 Å². The van der Waals surface area contributed by atoms with Gasteiger partial charge in [-0.1, -0.05) is 30.9 Å². The molecular formula is C9H21NS2Si. The molecule has 0 aliphatic carbocycles. The molecule has 0 rings (SSSR count). The minimum atomic E-state index is 1.03. The van der Waals surface area contributed by atoms with Gasteiger partial charge < -0.3 is 4.90 Å². The molecular weight excluding hydrogens is 214 g/mol. The third kappa shape index (κ3) is 10.1. The summed E-state index contributed by atoms with van der Waals surface area (Å²) in [6, 6.07) is 0. The standard InChI is InChI=1S/C7H15NS2.C2H6Si/c1-4-8(5-2)7(9)10-6-3;1-2-3/h4-6H2,1-3H3;2H,1H2,3H3. The van der Waals surface area contributed by atoms with Crippen molar-refractivity contribution in [3.8, 4) is 0 Å². The Morgan fingerprint density at radius 2 is 1.85 bits per heavy atom. The maximum absolute atomic E-state index is 5.16. The second kappa shape index (κ2) is 12.2. The van der Waals surface area contributed by atoms with E-state index in [1.54, 1.807) is 11.8 Å². The highest BCUT2D eigenvalue weighted by Crippen LogP contribution is 2.07. The van der Waals surface area contributed by atoms with Gasteiger partial charge in [0.05, 0.1) is 0 Å². The lowest BCUT2D eigenvalue weighted by Gasteiger charge is -2.20. The van der Waals surface area contributed by atoms with Crippen LogP contribution in [0.2, 0.25) is 0 Å². The van der Waals surface area contributed by atoms with Gasteiger partial charge in [-0.05, 0) is 19.6 Å². The second-order valence-corrected chi connectivity index (χ2v) is 4.99. The number of rotatable bonds is 3. The molecule has 0 aromatic carbocycles. The summed E-state index contributed by atoms with van der Waals surface area (Å²) in [7, 11) is 1.13. The Morgan fingerprint density at radius 3 is 2.08 bits per heavy atom. The fourth-order valence-corrected chi connectivity index (χ4v) is 2.00. The van der Waals surface area contributed by atoms with Gasteiger partial charge in [-0.15, -0.1) is 12.3 Å². The third-order valence-corrected chi connectivity index (χ3v) is 2.70. The molecule has 0 amide bonds. The molecule has 4 heteroatoms. The van der Waals surface area contributed by atoms with Crippen LogP contribution < -0.4 is 0 Å². The van der Waals surface area contributed by atoms with Gasteiger partial charge in [-0.25, -0.2) is 0 Å². The molecule has 0 radical (unpaired) electrons. The molecule has 0 atom stereocenters. The molecule has 0 fully saturated rings. The van der Waals surface area contributed by atoms with Gasteiger partial charge in [0, 0.05) is 23.3 Å². The summed E-state index contributed by atoms with van der Waals surface area (Å²) >= 11 is 6.91. The van der Waals surface area contributed by atoms with E-state index in [2.05, 4.69) is 32.3 Å². The zero-order chi connectivity index (χ0) is 10.7. The van der Waals surface area contributed by atoms with Crippen molar-refractivity contribution in [1.29, 1.82) is 0 Å². The molecule has 0 aliphatic heterocycles. The molecule has 0 heterocycles. The van der Waals surface area contributed by atoms with Gasteiger partial charge in [0.15, 0.2) is 0 Å². The van der Waals surface area contributed by atoms with E-state index in [0.717, 1.165) is 33.4 Å². The molecule has 0 aromatic rings. The van der Waals surface area contributed by atoms with Crippen molar-refractivity contribution in [3.05, 3.63) is 12.3 Å². The maximum Gasteiger partial charge on any atom is 0.136 e. The van der Waals surface area contributed by atoms with Gasteiger partial charge in [0.1, 0.15) is 4.32 Å². The number of nitrogens with zero attached hydrogens (tertiary/aromatic N) is 1. The minimum absolute atomic E-state index is 1.03. The average Bonchev–Trinajstić information content (AvgIpc) is 2.08. The first-order valence-electron chi connectivity index (χ1n) is 4.66. The van der Waals surface area contributed by atoms with Gasteiger partial charge in [-0.2, -0.15) is 0 Å². The highest BCUT2D eigenvalue weighted by Gasteiger charge is 2.02. The zero-order valence-corrected chi connectivity index (χ0v) is 12.8. The fourth-order valence-electron chi connectivity index (χ4n) is 0.697. The van der Waals surface area contributed by atoms with E-state index in [4.69, 9.17) is 12.2 Å². The van der Waals surface area contributed by atoms with Crippen LogP contribution in [-0.4, -0.2) is 38.3 Å². The summed E-state index contributed by atoms with van der Waals surface area (Å²) in [5, 5.41) is 0. The van der Waals surface area contributed by atoms with Crippen molar-refractivity contribution in [1.82, 2.24) is 4.90 Å². The van der Waals surface area contributed by atoms with Crippen LogP contribution in [0.3, 0.4) is 0 Å². The average molecular weight is 235 g/mol. The van der Waals surface area contributed by atoms with Crippen molar-refractivity contribution in [2.75, 3.05) is 18.8 Å². The molecule has 13 heavy (non-hydrogen) atoms. The molecule has 0 bridgehead atoms. The maximum atomic E-state index is 5.16. The molecule has 0 saturated carbocycles. The fraction of sp³-hybridized carbons (Fsp3) is 0.667. The van der Waals surface area contributed by atoms with E-state index in [-0.39, 0.29) is 0 Å². The number of hydrogen-bond donors (Lipinski definition) is 0. The lowest BCUT2D eigenvalue weighted by atomic mass is 10.6. The van der Waals surface area contributed by atoms with Gasteiger partial charge in [0.2, 0.25) is 0 Å². The number of thiocarbonyl (C=S) groups is 1. The quantitative estimate of drug-likeness (QED) is 0.543. The topological polar surface area (TPSA) is 3.24 Å². The second-order valence-electron chi connectivity index (χ2n) is 2.28. The summed E-state index contributed by atoms with van der Waals surface area (Å²) in [5.41, 5.74) is 1.89. The Morgan fingerprint density at radius 1 is 1.46 bits per heavy atom. The smallest absolute Gasteiger partial charge is 0.136 e. The van der Waals surface area contributed by atoms with Crippen LogP contribution in [0.4, 0.5) is 0 Å². The van der Waals surface area contributed by atoms with Gasteiger partial charge in [-0.3, -0.25) is 0 Å². The highest BCUT2D eigenvalue weighted by atomic mass is 32.2. The lowest BCUT2D eigenvalue weighted by Crippen LogP contribution is -2.26. The van der Waals surface area contributed by atoms with Crippen LogP contribution in [0.25, 0.3) is 0 Å². The SMILES string of the molecule is C=C[SiH3].CCSC(=S)N(CC)CC.